The predicted octanol–water partition coefficient (Wildman–Crippen LogP) is 2.31. The van der Waals surface area contributed by atoms with Gasteiger partial charge in [-0.25, -0.2) is 4.98 Å². The Balaban J connectivity index is 1.69. The van der Waals surface area contributed by atoms with E-state index in [0.29, 0.717) is 18.2 Å². The van der Waals surface area contributed by atoms with Gasteiger partial charge in [0.05, 0.1) is 6.61 Å². The Bertz CT molecular complexity index is 682. The number of hydrogen-bond donors (Lipinski definition) is 1. The molecule has 3 rings (SSSR count). The smallest absolute Gasteiger partial charge is 0.254 e. The van der Waals surface area contributed by atoms with Gasteiger partial charge in [0.15, 0.2) is 5.16 Å². The highest BCUT2D eigenvalue weighted by Gasteiger charge is 2.32. The molecule has 0 saturated heterocycles. The van der Waals surface area contributed by atoms with Crippen LogP contribution in [-0.4, -0.2) is 44.7 Å². The molecule has 0 bridgehead atoms. The van der Waals surface area contributed by atoms with Crippen LogP contribution in [0.25, 0.3) is 0 Å². The van der Waals surface area contributed by atoms with E-state index in [1.807, 2.05) is 42.1 Å². The SMILES string of the molecule is Cn1ccnc1SCc1cccc(C(=O)N(CCO)C2CC2)c1. The van der Waals surface area contributed by atoms with E-state index in [9.17, 15) is 9.90 Å². The standard InChI is InChI=1S/C17H21N3O2S/c1-19-8-7-18-17(19)23-12-13-3-2-4-14(11-13)16(22)20(9-10-21)15-5-6-15/h2-4,7-8,11,15,21H,5-6,9-10,12H2,1H3. The number of aliphatic hydroxyl groups excluding tert-OH is 1. The lowest BCUT2D eigenvalue weighted by Gasteiger charge is -2.21. The number of thioether (sulfide) groups is 1. The number of aliphatic hydroxyl groups is 1. The first-order valence-corrected chi connectivity index (χ1v) is 8.78. The second kappa shape index (κ2) is 7.19. The van der Waals surface area contributed by atoms with E-state index in [1.54, 1.807) is 22.9 Å². The molecule has 1 aliphatic rings. The van der Waals surface area contributed by atoms with Crippen LogP contribution in [0.3, 0.4) is 0 Å². The van der Waals surface area contributed by atoms with E-state index < -0.39 is 0 Å². The molecule has 1 fully saturated rings. The molecule has 122 valence electrons. The molecule has 0 unspecified atom stereocenters. The Morgan fingerprint density at radius 1 is 1.48 bits per heavy atom. The summed E-state index contributed by atoms with van der Waals surface area (Å²) < 4.78 is 1.98. The molecule has 0 aliphatic heterocycles. The van der Waals surface area contributed by atoms with E-state index in [0.717, 1.165) is 29.3 Å². The second-order valence-corrected chi connectivity index (χ2v) is 6.71. The van der Waals surface area contributed by atoms with E-state index in [-0.39, 0.29) is 12.5 Å². The summed E-state index contributed by atoms with van der Waals surface area (Å²) in [6.45, 7) is 0.423. The summed E-state index contributed by atoms with van der Waals surface area (Å²) >= 11 is 1.65. The molecule has 6 heteroatoms. The molecule has 2 aromatic rings. The predicted molar refractivity (Wildman–Crippen MR) is 90.4 cm³/mol. The number of carbonyl (C=O) groups is 1. The Kier molecular flexibility index (Phi) is 5.03. The van der Waals surface area contributed by atoms with Crippen molar-refractivity contribution in [2.75, 3.05) is 13.2 Å². The van der Waals surface area contributed by atoms with E-state index in [2.05, 4.69) is 4.98 Å². The number of aryl methyl sites for hydroxylation is 1. The molecule has 1 saturated carbocycles. The molecule has 5 nitrogen and oxygen atoms in total. The van der Waals surface area contributed by atoms with Gasteiger partial charge in [-0.3, -0.25) is 4.79 Å². The van der Waals surface area contributed by atoms with Crippen molar-refractivity contribution in [3.05, 3.63) is 47.8 Å². The molecule has 1 aromatic carbocycles. The summed E-state index contributed by atoms with van der Waals surface area (Å²) in [6.07, 6.45) is 5.79. The minimum Gasteiger partial charge on any atom is -0.395 e. The Hall–Kier alpha value is -1.79. The van der Waals surface area contributed by atoms with Crippen LogP contribution in [-0.2, 0) is 12.8 Å². The molecule has 1 aromatic heterocycles. The number of aromatic nitrogens is 2. The molecular weight excluding hydrogens is 310 g/mol. The summed E-state index contributed by atoms with van der Waals surface area (Å²) in [7, 11) is 1.97. The zero-order valence-corrected chi connectivity index (χ0v) is 14.0. The minimum atomic E-state index is 0.0109. The van der Waals surface area contributed by atoms with E-state index in [1.165, 1.54) is 0 Å². The Morgan fingerprint density at radius 3 is 2.96 bits per heavy atom. The monoisotopic (exact) mass is 331 g/mol. The van der Waals surface area contributed by atoms with Crippen LogP contribution < -0.4 is 0 Å². The van der Waals surface area contributed by atoms with Crippen LogP contribution in [0.5, 0.6) is 0 Å². The van der Waals surface area contributed by atoms with Crippen LogP contribution in [0.1, 0.15) is 28.8 Å². The average Bonchev–Trinajstić information content (AvgIpc) is 3.32. The first-order valence-electron chi connectivity index (χ1n) is 7.80. The second-order valence-electron chi connectivity index (χ2n) is 5.76. The first kappa shape index (κ1) is 16.1. The van der Waals surface area contributed by atoms with Crippen molar-refractivity contribution >= 4 is 17.7 Å². The van der Waals surface area contributed by atoms with Gasteiger partial charge in [0.25, 0.3) is 5.91 Å². The molecule has 0 atom stereocenters. The summed E-state index contributed by atoms with van der Waals surface area (Å²) in [6, 6.07) is 8.06. The van der Waals surface area contributed by atoms with Gasteiger partial charge >= 0.3 is 0 Å². The molecule has 1 amide bonds. The highest BCUT2D eigenvalue weighted by atomic mass is 32.2. The third kappa shape index (κ3) is 3.95. The molecule has 1 heterocycles. The van der Waals surface area contributed by atoms with Crippen molar-refractivity contribution in [1.29, 1.82) is 0 Å². The molecule has 23 heavy (non-hydrogen) atoms. The fourth-order valence-corrected chi connectivity index (χ4v) is 3.42. The quantitative estimate of drug-likeness (QED) is 0.791. The number of imidazole rings is 1. The molecule has 0 radical (unpaired) electrons. The lowest BCUT2D eigenvalue weighted by molar-refractivity contribution is 0.0707. The maximum absolute atomic E-state index is 12.6. The highest BCUT2D eigenvalue weighted by Crippen LogP contribution is 2.28. The van der Waals surface area contributed by atoms with Gasteiger partial charge in [0.2, 0.25) is 0 Å². The number of rotatable bonds is 7. The first-order chi connectivity index (χ1) is 11.2. The number of nitrogens with zero attached hydrogens (tertiary/aromatic N) is 3. The summed E-state index contributed by atoms with van der Waals surface area (Å²) in [5, 5.41) is 10.1. The van der Waals surface area contributed by atoms with Gasteiger partial charge in [-0.05, 0) is 30.5 Å². The molecule has 1 aliphatic carbocycles. The van der Waals surface area contributed by atoms with Crippen molar-refractivity contribution in [3.63, 3.8) is 0 Å². The average molecular weight is 331 g/mol. The largest absolute Gasteiger partial charge is 0.395 e. The van der Waals surface area contributed by atoms with Gasteiger partial charge in [-0.2, -0.15) is 0 Å². The summed E-state index contributed by atoms with van der Waals surface area (Å²) in [5.41, 5.74) is 1.80. The van der Waals surface area contributed by atoms with Crippen LogP contribution in [0.2, 0.25) is 0 Å². The summed E-state index contributed by atoms with van der Waals surface area (Å²) in [5.74, 6) is 0.792. The van der Waals surface area contributed by atoms with Gasteiger partial charge in [-0.1, -0.05) is 23.9 Å². The normalized spacial score (nSPS) is 14.0. The number of benzene rings is 1. The van der Waals surface area contributed by atoms with Gasteiger partial charge in [0.1, 0.15) is 0 Å². The molecular formula is C17H21N3O2S. The molecule has 0 spiro atoms. The minimum absolute atomic E-state index is 0.0109. The van der Waals surface area contributed by atoms with Crippen LogP contribution in [0.15, 0.2) is 41.8 Å². The van der Waals surface area contributed by atoms with Gasteiger partial charge in [-0.15, -0.1) is 0 Å². The topological polar surface area (TPSA) is 58.4 Å². The Labute approximate surface area is 140 Å². The number of carbonyl (C=O) groups excluding carboxylic acids is 1. The van der Waals surface area contributed by atoms with Crippen molar-refractivity contribution in [2.24, 2.45) is 7.05 Å². The van der Waals surface area contributed by atoms with Crippen LogP contribution in [0.4, 0.5) is 0 Å². The summed E-state index contributed by atoms with van der Waals surface area (Å²) in [4.78, 5) is 18.7. The maximum Gasteiger partial charge on any atom is 0.254 e. The van der Waals surface area contributed by atoms with Crippen molar-refractivity contribution in [3.8, 4) is 0 Å². The lowest BCUT2D eigenvalue weighted by atomic mass is 10.1. The van der Waals surface area contributed by atoms with Crippen molar-refractivity contribution in [2.45, 2.75) is 29.8 Å². The van der Waals surface area contributed by atoms with Crippen molar-refractivity contribution in [1.82, 2.24) is 14.5 Å². The number of amides is 1. The lowest BCUT2D eigenvalue weighted by Crippen LogP contribution is -2.35. The highest BCUT2D eigenvalue weighted by molar-refractivity contribution is 7.98. The van der Waals surface area contributed by atoms with Gasteiger partial charge in [0, 0.05) is 43.3 Å². The fraction of sp³-hybridized carbons (Fsp3) is 0.412. The number of hydrogen-bond acceptors (Lipinski definition) is 4. The van der Waals surface area contributed by atoms with E-state index >= 15 is 0 Å². The fourth-order valence-electron chi connectivity index (χ4n) is 2.54. The molecule has 1 N–H and O–H groups in total. The third-order valence-corrected chi connectivity index (χ3v) is 5.04. The zero-order valence-electron chi connectivity index (χ0n) is 13.2. The third-order valence-electron chi connectivity index (χ3n) is 3.91. The Morgan fingerprint density at radius 2 is 2.30 bits per heavy atom. The zero-order chi connectivity index (χ0) is 16.2. The van der Waals surface area contributed by atoms with Crippen LogP contribution in [0, 0.1) is 0 Å². The van der Waals surface area contributed by atoms with Crippen molar-refractivity contribution < 1.29 is 9.90 Å². The van der Waals surface area contributed by atoms with Crippen LogP contribution >= 0.6 is 11.8 Å². The maximum atomic E-state index is 12.6. The van der Waals surface area contributed by atoms with Gasteiger partial charge < -0.3 is 14.6 Å². The van der Waals surface area contributed by atoms with E-state index in [4.69, 9.17) is 0 Å².